The van der Waals surface area contributed by atoms with Gasteiger partial charge in [-0.1, -0.05) is 13.0 Å². The van der Waals surface area contributed by atoms with Gasteiger partial charge in [0.1, 0.15) is 4.90 Å². The van der Waals surface area contributed by atoms with Crippen LogP contribution in [0.1, 0.15) is 24.5 Å². The molecule has 2 atom stereocenters. The zero-order valence-electron chi connectivity index (χ0n) is 10.3. The van der Waals surface area contributed by atoms with Gasteiger partial charge in [0.2, 0.25) is 10.0 Å². The molecular formula is C12H18N2O2S. The van der Waals surface area contributed by atoms with Gasteiger partial charge in [0.15, 0.2) is 0 Å². The summed E-state index contributed by atoms with van der Waals surface area (Å²) in [5.74, 6) is 0.427. The fourth-order valence-electron chi connectivity index (χ4n) is 1.91. The number of benzene rings is 1. The molecule has 3 N–H and O–H groups in total. The van der Waals surface area contributed by atoms with Crippen molar-refractivity contribution in [1.29, 1.82) is 0 Å². The van der Waals surface area contributed by atoms with Crippen molar-refractivity contribution in [3.05, 3.63) is 23.3 Å². The first-order valence-corrected chi connectivity index (χ1v) is 7.19. The average Bonchev–Trinajstić information content (AvgIpc) is 2.87. The highest BCUT2D eigenvalue weighted by Crippen LogP contribution is 2.32. The maximum absolute atomic E-state index is 12.2. The third kappa shape index (κ3) is 2.30. The van der Waals surface area contributed by atoms with E-state index in [1.807, 2.05) is 19.9 Å². The fraction of sp³-hybridized carbons (Fsp3) is 0.500. The summed E-state index contributed by atoms with van der Waals surface area (Å²) in [6.45, 7) is 5.70. The van der Waals surface area contributed by atoms with Crippen molar-refractivity contribution in [2.24, 2.45) is 5.92 Å². The maximum atomic E-state index is 12.2. The Kier molecular flexibility index (Phi) is 2.91. The van der Waals surface area contributed by atoms with Crippen LogP contribution in [0.3, 0.4) is 0 Å². The van der Waals surface area contributed by atoms with Gasteiger partial charge >= 0.3 is 0 Å². The molecule has 4 nitrogen and oxygen atoms in total. The molecule has 5 heteroatoms. The Balaban J connectivity index is 2.42. The van der Waals surface area contributed by atoms with E-state index in [1.165, 1.54) is 0 Å². The number of nitrogens with one attached hydrogen (secondary N) is 1. The molecule has 1 aromatic carbocycles. The van der Waals surface area contributed by atoms with Gasteiger partial charge in [0, 0.05) is 6.04 Å². The fourth-order valence-corrected chi connectivity index (χ4v) is 3.70. The van der Waals surface area contributed by atoms with Gasteiger partial charge in [-0.2, -0.15) is 0 Å². The number of nitrogen functional groups attached to an aromatic ring is 1. The zero-order valence-corrected chi connectivity index (χ0v) is 11.1. The average molecular weight is 254 g/mol. The van der Waals surface area contributed by atoms with Gasteiger partial charge in [-0.15, -0.1) is 0 Å². The van der Waals surface area contributed by atoms with Crippen molar-refractivity contribution in [2.75, 3.05) is 5.73 Å². The quantitative estimate of drug-likeness (QED) is 0.804. The van der Waals surface area contributed by atoms with Crippen LogP contribution in [0.2, 0.25) is 0 Å². The Bertz CT molecular complexity index is 552. The minimum Gasteiger partial charge on any atom is -0.398 e. The van der Waals surface area contributed by atoms with Crippen molar-refractivity contribution in [1.82, 2.24) is 4.72 Å². The smallest absolute Gasteiger partial charge is 0.243 e. The van der Waals surface area contributed by atoms with Crippen LogP contribution < -0.4 is 10.5 Å². The first-order valence-electron chi connectivity index (χ1n) is 5.71. The standard InChI is InChI=1S/C12H18N2O2S/c1-7-4-5-10(13)12(9(7)3)17(15,16)14-11-6-8(11)2/h4-5,8,11,14H,6,13H2,1-3H3. The minimum atomic E-state index is -3.49. The molecule has 0 amide bonds. The zero-order chi connectivity index (χ0) is 12.8. The second-order valence-corrected chi connectivity index (χ2v) is 6.52. The SMILES string of the molecule is Cc1ccc(N)c(S(=O)(=O)NC2CC2C)c1C. The molecule has 2 unspecified atom stereocenters. The number of nitrogens with two attached hydrogens (primary N) is 1. The van der Waals surface area contributed by atoms with E-state index in [1.54, 1.807) is 13.0 Å². The largest absolute Gasteiger partial charge is 0.398 e. The molecular weight excluding hydrogens is 236 g/mol. The molecule has 1 aliphatic carbocycles. The molecule has 2 rings (SSSR count). The number of hydrogen-bond donors (Lipinski definition) is 2. The summed E-state index contributed by atoms with van der Waals surface area (Å²) >= 11 is 0. The van der Waals surface area contributed by atoms with E-state index in [0.717, 1.165) is 17.5 Å². The van der Waals surface area contributed by atoms with Gasteiger partial charge in [0.25, 0.3) is 0 Å². The third-order valence-electron chi connectivity index (χ3n) is 3.39. The summed E-state index contributed by atoms with van der Waals surface area (Å²) in [5.41, 5.74) is 7.76. The lowest BCUT2D eigenvalue weighted by Crippen LogP contribution is -2.28. The van der Waals surface area contributed by atoms with Crippen LogP contribution in [0.15, 0.2) is 17.0 Å². The Labute approximate surface area is 102 Å². The van der Waals surface area contributed by atoms with Crippen molar-refractivity contribution < 1.29 is 8.42 Å². The molecule has 94 valence electrons. The summed E-state index contributed by atoms with van der Waals surface area (Å²) in [6, 6.07) is 3.55. The third-order valence-corrected chi connectivity index (χ3v) is 5.08. The van der Waals surface area contributed by atoms with E-state index in [-0.39, 0.29) is 10.9 Å². The molecule has 0 radical (unpaired) electrons. The normalized spacial score (nSPS) is 23.7. The first-order chi connectivity index (χ1) is 7.83. The summed E-state index contributed by atoms with van der Waals surface area (Å²) in [6.07, 6.45) is 0.907. The van der Waals surface area contributed by atoms with Crippen LogP contribution in [0.4, 0.5) is 5.69 Å². The summed E-state index contributed by atoms with van der Waals surface area (Å²) in [4.78, 5) is 0.233. The first kappa shape index (κ1) is 12.4. The number of hydrogen-bond acceptors (Lipinski definition) is 3. The molecule has 1 saturated carbocycles. The Morgan fingerprint density at radius 1 is 1.35 bits per heavy atom. The van der Waals surface area contributed by atoms with Crippen LogP contribution in [-0.4, -0.2) is 14.5 Å². The summed E-state index contributed by atoms with van der Waals surface area (Å²) < 4.78 is 27.2. The maximum Gasteiger partial charge on any atom is 0.243 e. The van der Waals surface area contributed by atoms with E-state index in [4.69, 9.17) is 5.73 Å². The van der Waals surface area contributed by atoms with Crippen molar-refractivity contribution >= 4 is 15.7 Å². The molecule has 1 fully saturated rings. The van der Waals surface area contributed by atoms with Crippen LogP contribution >= 0.6 is 0 Å². The topological polar surface area (TPSA) is 72.2 Å². The number of sulfonamides is 1. The van der Waals surface area contributed by atoms with Gasteiger partial charge in [-0.3, -0.25) is 0 Å². The van der Waals surface area contributed by atoms with E-state index < -0.39 is 10.0 Å². The van der Waals surface area contributed by atoms with E-state index in [2.05, 4.69) is 4.72 Å². The van der Waals surface area contributed by atoms with Crippen LogP contribution in [0.5, 0.6) is 0 Å². The monoisotopic (exact) mass is 254 g/mol. The number of aryl methyl sites for hydroxylation is 1. The molecule has 0 saturated heterocycles. The van der Waals surface area contributed by atoms with Crippen molar-refractivity contribution in [3.8, 4) is 0 Å². The van der Waals surface area contributed by atoms with E-state index in [9.17, 15) is 8.42 Å². The highest BCUT2D eigenvalue weighted by atomic mass is 32.2. The van der Waals surface area contributed by atoms with Gasteiger partial charge in [0.05, 0.1) is 5.69 Å². The van der Waals surface area contributed by atoms with Crippen LogP contribution in [0, 0.1) is 19.8 Å². The number of anilines is 1. The van der Waals surface area contributed by atoms with Gasteiger partial charge < -0.3 is 5.73 Å². The highest BCUT2D eigenvalue weighted by Gasteiger charge is 2.37. The summed E-state index contributed by atoms with van der Waals surface area (Å²) in [7, 11) is -3.49. The van der Waals surface area contributed by atoms with E-state index in [0.29, 0.717) is 11.6 Å². The van der Waals surface area contributed by atoms with Gasteiger partial charge in [-0.25, -0.2) is 13.1 Å². The molecule has 0 aromatic heterocycles. The second kappa shape index (κ2) is 3.99. The van der Waals surface area contributed by atoms with E-state index >= 15 is 0 Å². The summed E-state index contributed by atoms with van der Waals surface area (Å²) in [5, 5.41) is 0. The minimum absolute atomic E-state index is 0.0688. The molecule has 0 heterocycles. The van der Waals surface area contributed by atoms with Crippen LogP contribution in [0.25, 0.3) is 0 Å². The molecule has 1 aliphatic rings. The second-order valence-electron chi connectivity index (χ2n) is 4.87. The molecule has 0 aliphatic heterocycles. The number of rotatable bonds is 3. The lowest BCUT2D eigenvalue weighted by atomic mass is 10.1. The Morgan fingerprint density at radius 3 is 2.47 bits per heavy atom. The molecule has 0 spiro atoms. The molecule has 17 heavy (non-hydrogen) atoms. The molecule has 1 aromatic rings. The molecule has 0 bridgehead atoms. The predicted molar refractivity (Wildman–Crippen MR) is 68.2 cm³/mol. The lowest BCUT2D eigenvalue weighted by molar-refractivity contribution is 0.578. The predicted octanol–water partition coefficient (Wildman–Crippen LogP) is 1.57. The van der Waals surface area contributed by atoms with Crippen molar-refractivity contribution in [2.45, 2.75) is 38.1 Å². The van der Waals surface area contributed by atoms with Crippen molar-refractivity contribution in [3.63, 3.8) is 0 Å². The Morgan fingerprint density at radius 2 is 1.94 bits per heavy atom. The lowest BCUT2D eigenvalue weighted by Gasteiger charge is -2.13. The van der Waals surface area contributed by atoms with Gasteiger partial charge in [-0.05, 0) is 43.4 Å². The van der Waals surface area contributed by atoms with Crippen LogP contribution in [-0.2, 0) is 10.0 Å². The highest BCUT2D eigenvalue weighted by molar-refractivity contribution is 7.89. The Hall–Kier alpha value is -1.07.